The molecule has 166 valence electrons. The van der Waals surface area contributed by atoms with Crippen molar-refractivity contribution < 1.29 is 22.7 Å². The van der Waals surface area contributed by atoms with Crippen molar-refractivity contribution in [1.29, 1.82) is 0 Å². The predicted molar refractivity (Wildman–Crippen MR) is 117 cm³/mol. The molecule has 0 saturated carbocycles. The van der Waals surface area contributed by atoms with Crippen LogP contribution in [0.4, 0.5) is 0 Å². The van der Waals surface area contributed by atoms with E-state index in [4.69, 9.17) is 4.74 Å². The number of Topliss-reactive ketones (excluding diaryl/α,β-unsaturated/α-hetero) is 1. The Morgan fingerprint density at radius 2 is 1.61 bits per heavy atom. The summed E-state index contributed by atoms with van der Waals surface area (Å²) in [4.78, 5) is 24.0. The van der Waals surface area contributed by atoms with Crippen molar-refractivity contribution in [3.8, 4) is 5.75 Å². The summed E-state index contributed by atoms with van der Waals surface area (Å²) >= 11 is 0. The molecule has 8 heteroatoms. The molecule has 2 aromatic rings. The summed E-state index contributed by atoms with van der Waals surface area (Å²) in [5.41, 5.74) is 1.42. The molecule has 1 amide bonds. The molecule has 3 rings (SSSR count). The van der Waals surface area contributed by atoms with Gasteiger partial charge in [-0.15, -0.1) is 0 Å². The van der Waals surface area contributed by atoms with Gasteiger partial charge in [-0.1, -0.05) is 25.5 Å². The van der Waals surface area contributed by atoms with Gasteiger partial charge >= 0.3 is 0 Å². The Morgan fingerprint density at radius 1 is 0.968 bits per heavy atom. The van der Waals surface area contributed by atoms with Crippen LogP contribution in [0.3, 0.4) is 0 Å². The van der Waals surface area contributed by atoms with Crippen molar-refractivity contribution in [1.82, 2.24) is 9.62 Å². The fraction of sp³-hybridized carbons (Fsp3) is 0.391. The molecular weight excluding hydrogens is 416 g/mol. The highest BCUT2D eigenvalue weighted by Gasteiger charge is 2.25. The van der Waals surface area contributed by atoms with Crippen molar-refractivity contribution in [3.05, 3.63) is 59.7 Å². The molecule has 0 aliphatic carbocycles. The molecule has 1 fully saturated rings. The fourth-order valence-corrected chi connectivity index (χ4v) is 4.89. The number of hydrogen-bond donors (Lipinski definition) is 1. The number of nitrogens with zero attached hydrogens (tertiary/aromatic N) is 1. The molecule has 1 aliphatic rings. The number of rotatable bonds is 9. The highest BCUT2D eigenvalue weighted by molar-refractivity contribution is 7.89. The van der Waals surface area contributed by atoms with Crippen molar-refractivity contribution in [3.63, 3.8) is 0 Å². The lowest BCUT2D eigenvalue weighted by Crippen LogP contribution is -2.35. The SMILES string of the molecule is CCC(=O)c1ccc(OCC(=O)NCc2ccc(S(=O)(=O)N3CCCCC3)cc2)cc1. The van der Waals surface area contributed by atoms with Gasteiger partial charge in [0.2, 0.25) is 10.0 Å². The van der Waals surface area contributed by atoms with E-state index in [0.717, 1.165) is 24.8 Å². The molecule has 0 atom stereocenters. The predicted octanol–water partition coefficient (Wildman–Crippen LogP) is 3.15. The van der Waals surface area contributed by atoms with Crippen LogP contribution in [0.25, 0.3) is 0 Å². The van der Waals surface area contributed by atoms with Gasteiger partial charge in [0.1, 0.15) is 5.75 Å². The number of carbonyl (C=O) groups excluding carboxylic acids is 2. The fourth-order valence-electron chi connectivity index (χ4n) is 3.38. The van der Waals surface area contributed by atoms with Gasteiger partial charge in [0.25, 0.3) is 5.91 Å². The molecule has 0 aromatic heterocycles. The Hall–Kier alpha value is -2.71. The van der Waals surface area contributed by atoms with Crippen molar-refractivity contribution >= 4 is 21.7 Å². The van der Waals surface area contributed by atoms with Crippen LogP contribution >= 0.6 is 0 Å². The summed E-state index contributed by atoms with van der Waals surface area (Å²) in [7, 11) is -3.45. The number of piperidine rings is 1. The van der Waals surface area contributed by atoms with Gasteiger partial charge in [0.05, 0.1) is 4.90 Å². The van der Waals surface area contributed by atoms with Crippen LogP contribution in [-0.2, 0) is 21.4 Å². The van der Waals surface area contributed by atoms with E-state index < -0.39 is 10.0 Å². The lowest BCUT2D eigenvalue weighted by Gasteiger charge is -2.25. The Morgan fingerprint density at radius 3 is 2.23 bits per heavy atom. The van der Waals surface area contributed by atoms with E-state index >= 15 is 0 Å². The average Bonchev–Trinajstić information content (AvgIpc) is 2.82. The second kappa shape index (κ2) is 10.5. The lowest BCUT2D eigenvalue weighted by molar-refractivity contribution is -0.123. The van der Waals surface area contributed by atoms with Gasteiger partial charge in [0.15, 0.2) is 12.4 Å². The number of sulfonamides is 1. The number of nitrogens with one attached hydrogen (secondary N) is 1. The third-order valence-electron chi connectivity index (χ3n) is 5.23. The van der Waals surface area contributed by atoms with Gasteiger partial charge in [-0.2, -0.15) is 4.31 Å². The zero-order chi connectivity index (χ0) is 22.3. The Bertz CT molecular complexity index is 995. The normalized spacial score (nSPS) is 14.7. The minimum atomic E-state index is -3.45. The summed E-state index contributed by atoms with van der Waals surface area (Å²) in [6.07, 6.45) is 3.30. The molecule has 1 saturated heterocycles. The standard InChI is InChI=1S/C23H28N2O5S/c1-2-22(26)19-8-10-20(11-9-19)30-17-23(27)24-16-18-6-12-21(13-7-18)31(28,29)25-14-4-3-5-15-25/h6-13H,2-5,14-17H2,1H3,(H,24,27). The van der Waals surface area contributed by atoms with Gasteiger partial charge in [0, 0.05) is 31.6 Å². The summed E-state index contributed by atoms with van der Waals surface area (Å²) < 4.78 is 32.3. The number of hydrogen-bond acceptors (Lipinski definition) is 5. The summed E-state index contributed by atoms with van der Waals surface area (Å²) in [6, 6.07) is 13.3. The van der Waals surface area contributed by atoms with E-state index in [9.17, 15) is 18.0 Å². The minimum Gasteiger partial charge on any atom is -0.484 e. The highest BCUT2D eigenvalue weighted by Crippen LogP contribution is 2.21. The van der Waals surface area contributed by atoms with Crippen LogP contribution in [-0.4, -0.2) is 44.1 Å². The van der Waals surface area contributed by atoms with E-state index in [1.165, 1.54) is 4.31 Å². The van der Waals surface area contributed by atoms with Crippen LogP contribution in [0.15, 0.2) is 53.4 Å². The van der Waals surface area contributed by atoms with Gasteiger partial charge in [-0.25, -0.2) is 8.42 Å². The summed E-state index contributed by atoms with van der Waals surface area (Å²) in [6.45, 7) is 3.06. The Balaban J connectivity index is 1.47. The van der Waals surface area contributed by atoms with Gasteiger partial charge in [-0.05, 0) is 54.8 Å². The molecule has 0 bridgehead atoms. The second-order valence-corrected chi connectivity index (χ2v) is 9.41. The number of ketones is 1. The first kappa shape index (κ1) is 23.0. The first-order valence-corrected chi connectivity index (χ1v) is 12.0. The van der Waals surface area contributed by atoms with E-state index in [0.29, 0.717) is 30.8 Å². The van der Waals surface area contributed by atoms with E-state index in [1.54, 1.807) is 55.5 Å². The van der Waals surface area contributed by atoms with Gasteiger partial charge < -0.3 is 10.1 Å². The topological polar surface area (TPSA) is 92.8 Å². The molecule has 1 N–H and O–H groups in total. The average molecular weight is 445 g/mol. The largest absolute Gasteiger partial charge is 0.484 e. The monoisotopic (exact) mass is 444 g/mol. The van der Waals surface area contributed by atoms with Crippen LogP contribution in [0.1, 0.15) is 48.5 Å². The van der Waals surface area contributed by atoms with Crippen molar-refractivity contribution in [2.24, 2.45) is 0 Å². The molecule has 2 aromatic carbocycles. The zero-order valence-corrected chi connectivity index (χ0v) is 18.5. The number of carbonyl (C=O) groups is 2. The minimum absolute atomic E-state index is 0.0547. The zero-order valence-electron chi connectivity index (χ0n) is 17.7. The molecule has 7 nitrogen and oxygen atoms in total. The Labute approximate surface area is 183 Å². The number of benzene rings is 2. The molecule has 31 heavy (non-hydrogen) atoms. The molecule has 1 heterocycles. The van der Waals surface area contributed by atoms with Crippen LogP contribution in [0, 0.1) is 0 Å². The third-order valence-corrected chi connectivity index (χ3v) is 7.15. The van der Waals surface area contributed by atoms with Gasteiger partial charge in [-0.3, -0.25) is 9.59 Å². The smallest absolute Gasteiger partial charge is 0.258 e. The highest BCUT2D eigenvalue weighted by atomic mass is 32.2. The van der Waals surface area contributed by atoms with Crippen LogP contribution in [0.2, 0.25) is 0 Å². The van der Waals surface area contributed by atoms with Crippen molar-refractivity contribution in [2.45, 2.75) is 44.0 Å². The second-order valence-electron chi connectivity index (χ2n) is 7.48. The maximum atomic E-state index is 12.7. The van der Waals surface area contributed by atoms with Crippen molar-refractivity contribution in [2.75, 3.05) is 19.7 Å². The van der Waals surface area contributed by atoms with E-state index in [2.05, 4.69) is 5.32 Å². The maximum absolute atomic E-state index is 12.7. The van der Waals surface area contributed by atoms with E-state index in [-0.39, 0.29) is 29.7 Å². The Kier molecular flexibility index (Phi) is 7.81. The number of amides is 1. The first-order valence-electron chi connectivity index (χ1n) is 10.5. The molecule has 0 spiro atoms. The maximum Gasteiger partial charge on any atom is 0.258 e. The quantitative estimate of drug-likeness (QED) is 0.600. The third kappa shape index (κ3) is 6.15. The molecular formula is C23H28N2O5S. The molecule has 0 radical (unpaired) electrons. The summed E-state index contributed by atoms with van der Waals surface area (Å²) in [5, 5.41) is 2.75. The molecule has 0 unspecified atom stereocenters. The van der Waals surface area contributed by atoms with E-state index in [1.807, 2.05) is 0 Å². The lowest BCUT2D eigenvalue weighted by atomic mass is 10.1. The number of ether oxygens (including phenoxy) is 1. The van der Waals surface area contributed by atoms with Crippen LogP contribution < -0.4 is 10.1 Å². The van der Waals surface area contributed by atoms with Crippen LogP contribution in [0.5, 0.6) is 5.75 Å². The molecule has 1 aliphatic heterocycles. The summed E-state index contributed by atoms with van der Waals surface area (Å²) in [5.74, 6) is 0.271. The first-order chi connectivity index (χ1) is 14.9.